The van der Waals surface area contributed by atoms with Crippen LogP contribution in [0.3, 0.4) is 0 Å². The third kappa shape index (κ3) is 9.40. The highest BCUT2D eigenvalue weighted by molar-refractivity contribution is 5.85. The van der Waals surface area contributed by atoms with Crippen LogP contribution < -0.4 is 5.56 Å². The molecule has 0 spiro atoms. The molecular weight excluding hydrogens is 650 g/mol. The van der Waals surface area contributed by atoms with Gasteiger partial charge in [-0.15, -0.1) is 0 Å². The molecule has 1 unspecified atom stereocenters. The molecule has 0 N–H and O–H groups in total. The minimum atomic E-state index is -5.31. The van der Waals surface area contributed by atoms with E-state index in [4.69, 9.17) is 4.74 Å². The molecule has 1 heterocycles. The van der Waals surface area contributed by atoms with Gasteiger partial charge in [0, 0.05) is 42.3 Å². The lowest BCUT2D eigenvalue weighted by Gasteiger charge is -2.26. The zero-order valence-electron chi connectivity index (χ0n) is 29.2. The molecule has 2 aromatic carbocycles. The van der Waals surface area contributed by atoms with Crippen LogP contribution in [0.25, 0.3) is 11.1 Å². The quantitative estimate of drug-likeness (QED) is 0.126. The largest absolute Gasteiger partial charge is 0.466 e. The highest BCUT2D eigenvalue weighted by Gasteiger charge is 2.40. The molecule has 1 aromatic heterocycles. The number of Topliss-reactive ketones (excluding diaryl/α,β-unsaturated/α-hetero) is 1. The molecule has 49 heavy (non-hydrogen) atoms. The van der Waals surface area contributed by atoms with Crippen molar-refractivity contribution in [2.75, 3.05) is 27.2 Å². The van der Waals surface area contributed by atoms with E-state index in [9.17, 15) is 31.9 Å². The Morgan fingerprint density at radius 3 is 2.18 bits per heavy atom. The zero-order chi connectivity index (χ0) is 37.0. The number of carbonyl (C=O) groups is 2. The highest BCUT2D eigenvalue weighted by atomic mass is 19.4. The number of hydrogen-bond acceptors (Lipinski definition) is 5. The number of ketones is 1. The van der Waals surface area contributed by atoms with E-state index in [2.05, 4.69) is 0 Å². The smallest absolute Gasteiger partial charge is 0.419 e. The molecule has 2 atom stereocenters. The Bertz CT molecular complexity index is 1750. The highest BCUT2D eigenvalue weighted by Crippen LogP contribution is 2.44. The van der Waals surface area contributed by atoms with Crippen molar-refractivity contribution < 1.29 is 40.7 Å². The van der Waals surface area contributed by atoms with Gasteiger partial charge in [0.25, 0.3) is 5.56 Å². The molecule has 0 saturated carbocycles. The van der Waals surface area contributed by atoms with Crippen molar-refractivity contribution in [3.8, 4) is 11.1 Å². The third-order valence-corrected chi connectivity index (χ3v) is 8.62. The van der Waals surface area contributed by atoms with Crippen molar-refractivity contribution >= 4 is 11.8 Å². The van der Waals surface area contributed by atoms with E-state index >= 15 is 8.78 Å². The van der Waals surface area contributed by atoms with E-state index in [1.807, 2.05) is 32.8 Å². The van der Waals surface area contributed by atoms with Gasteiger partial charge in [-0.1, -0.05) is 19.9 Å². The van der Waals surface area contributed by atoms with Crippen molar-refractivity contribution in [2.45, 2.75) is 85.4 Å². The van der Waals surface area contributed by atoms with Gasteiger partial charge in [-0.25, -0.2) is 13.2 Å². The summed E-state index contributed by atoms with van der Waals surface area (Å²) < 4.78 is 96.5. The molecule has 0 bridgehead atoms. The maximum absolute atomic E-state index is 16.6. The van der Waals surface area contributed by atoms with Crippen LogP contribution in [0.4, 0.5) is 26.3 Å². The normalized spacial score (nSPS) is 13.2. The number of benzene rings is 2. The summed E-state index contributed by atoms with van der Waals surface area (Å²) in [5.41, 5.74) is -2.84. The number of aryl methyl sites for hydroxylation is 2. The fourth-order valence-corrected chi connectivity index (χ4v) is 6.10. The lowest BCUT2D eigenvalue weighted by Crippen LogP contribution is -2.32. The van der Waals surface area contributed by atoms with Crippen molar-refractivity contribution in [2.24, 2.45) is 5.92 Å². The first-order valence-corrected chi connectivity index (χ1v) is 16.2. The minimum absolute atomic E-state index is 0.127. The summed E-state index contributed by atoms with van der Waals surface area (Å²) in [6.45, 7) is 10.1. The standard InChI is InChI=1S/C37H44F6N2O4/c1-9-49-32(48)17-25(16-30(46)29(14-20(2)3)45-19-24(12-13-44(7)8)22(5)15-31(45)47)34-35(39)26(18-27(36(34)40)37(41,42)43)33-21(4)10-11-28(38)23(33)6/h10-11,15,18-20,25,29H,9,12-14,16-17H2,1-8H3/t25-,29?/m0/s1. The first-order chi connectivity index (χ1) is 22.8. The summed E-state index contributed by atoms with van der Waals surface area (Å²) in [6, 6.07) is 2.87. The molecule has 0 amide bonds. The summed E-state index contributed by atoms with van der Waals surface area (Å²) in [6.07, 6.45) is -4.68. The predicted molar refractivity (Wildman–Crippen MR) is 176 cm³/mol. The van der Waals surface area contributed by atoms with E-state index in [-0.39, 0.29) is 41.7 Å². The Morgan fingerprint density at radius 1 is 0.959 bits per heavy atom. The molecule has 0 aliphatic heterocycles. The second kappa shape index (κ2) is 16.2. The van der Waals surface area contributed by atoms with Gasteiger partial charge in [0.05, 0.1) is 24.6 Å². The monoisotopic (exact) mass is 694 g/mol. The van der Waals surface area contributed by atoms with Crippen LogP contribution in [0, 0.1) is 44.1 Å². The number of nitrogens with zero attached hydrogens (tertiary/aromatic N) is 2. The third-order valence-electron chi connectivity index (χ3n) is 8.62. The summed E-state index contributed by atoms with van der Waals surface area (Å²) >= 11 is 0. The predicted octanol–water partition coefficient (Wildman–Crippen LogP) is 8.26. The summed E-state index contributed by atoms with van der Waals surface area (Å²) in [7, 11) is 3.77. The molecule has 0 fully saturated rings. The molecule has 268 valence electrons. The lowest BCUT2D eigenvalue weighted by molar-refractivity contribution is -0.143. The van der Waals surface area contributed by atoms with Crippen LogP contribution >= 0.6 is 0 Å². The number of aromatic nitrogens is 1. The molecule has 3 rings (SSSR count). The van der Waals surface area contributed by atoms with Crippen LogP contribution in [0.5, 0.6) is 0 Å². The SMILES string of the molecule is CCOC(=O)C[C@H](CC(=O)C(CC(C)C)n1cc(CCN(C)C)c(C)cc1=O)c1c(F)c(-c2c(C)ccc(F)c2C)cc(C(F)(F)F)c1F. The van der Waals surface area contributed by atoms with Crippen molar-refractivity contribution in [3.05, 3.63) is 91.6 Å². The lowest BCUT2D eigenvalue weighted by atomic mass is 9.83. The Hall–Kier alpha value is -3.93. The van der Waals surface area contributed by atoms with E-state index in [0.29, 0.717) is 18.5 Å². The Morgan fingerprint density at radius 2 is 1.61 bits per heavy atom. The van der Waals surface area contributed by atoms with Crippen molar-refractivity contribution in [1.29, 1.82) is 0 Å². The fourth-order valence-electron chi connectivity index (χ4n) is 6.10. The number of carbonyl (C=O) groups excluding carboxylic acids is 2. The van der Waals surface area contributed by atoms with Gasteiger partial charge in [0.2, 0.25) is 0 Å². The van der Waals surface area contributed by atoms with Crippen LogP contribution in [0.1, 0.15) is 85.4 Å². The van der Waals surface area contributed by atoms with Crippen LogP contribution in [-0.2, 0) is 26.9 Å². The van der Waals surface area contributed by atoms with E-state index in [0.717, 1.165) is 11.6 Å². The second-order valence-electron chi connectivity index (χ2n) is 13.2. The number of likely N-dealkylation sites (N-methyl/N-ethyl adjacent to an activating group) is 1. The van der Waals surface area contributed by atoms with E-state index in [1.54, 1.807) is 13.1 Å². The van der Waals surface area contributed by atoms with Gasteiger partial charge < -0.3 is 14.2 Å². The minimum Gasteiger partial charge on any atom is -0.466 e. The summed E-state index contributed by atoms with van der Waals surface area (Å²) in [5, 5.41) is 0. The van der Waals surface area contributed by atoms with E-state index in [1.165, 1.54) is 37.5 Å². The van der Waals surface area contributed by atoms with Crippen LogP contribution in [0.2, 0.25) is 0 Å². The Balaban J connectivity index is 2.29. The number of halogens is 6. The molecule has 0 saturated heterocycles. The van der Waals surface area contributed by atoms with Gasteiger partial charge in [-0.2, -0.15) is 13.2 Å². The molecule has 12 heteroatoms. The van der Waals surface area contributed by atoms with Crippen LogP contribution in [-0.4, -0.2) is 48.5 Å². The number of esters is 1. The number of rotatable bonds is 14. The maximum atomic E-state index is 16.6. The first-order valence-electron chi connectivity index (χ1n) is 16.2. The number of ether oxygens (including phenoxy) is 1. The van der Waals surface area contributed by atoms with Crippen molar-refractivity contribution in [3.63, 3.8) is 0 Å². The molecule has 0 aliphatic carbocycles. The Kier molecular flexibility index (Phi) is 13.0. The molecule has 0 radical (unpaired) electrons. The number of pyridine rings is 1. The molecule has 0 aliphatic rings. The second-order valence-corrected chi connectivity index (χ2v) is 13.2. The van der Waals surface area contributed by atoms with Gasteiger partial charge >= 0.3 is 12.1 Å². The fraction of sp³-hybridized carbons (Fsp3) is 0.486. The van der Waals surface area contributed by atoms with E-state index < -0.39 is 82.4 Å². The van der Waals surface area contributed by atoms with Gasteiger partial charge in [0.15, 0.2) is 5.78 Å². The number of alkyl halides is 3. The summed E-state index contributed by atoms with van der Waals surface area (Å²) in [4.78, 5) is 42.2. The number of hydrogen-bond donors (Lipinski definition) is 0. The van der Waals surface area contributed by atoms with Gasteiger partial charge in [-0.05, 0) is 100 Å². The zero-order valence-corrected chi connectivity index (χ0v) is 29.2. The van der Waals surface area contributed by atoms with Crippen LogP contribution in [0.15, 0.2) is 35.3 Å². The molecule has 3 aromatic rings. The molecule has 6 nitrogen and oxygen atoms in total. The average Bonchev–Trinajstić information content (AvgIpc) is 2.98. The van der Waals surface area contributed by atoms with Crippen molar-refractivity contribution in [1.82, 2.24) is 9.47 Å². The topological polar surface area (TPSA) is 68.6 Å². The van der Waals surface area contributed by atoms with Gasteiger partial charge in [0.1, 0.15) is 17.5 Å². The maximum Gasteiger partial charge on any atom is 0.419 e. The molecular formula is C37H44F6N2O4. The van der Waals surface area contributed by atoms with Gasteiger partial charge in [-0.3, -0.25) is 14.4 Å². The average molecular weight is 695 g/mol. The Labute approximate surface area is 283 Å². The first kappa shape index (κ1) is 39.5. The summed E-state index contributed by atoms with van der Waals surface area (Å²) in [5.74, 6) is -7.86.